The second-order valence-electron chi connectivity index (χ2n) is 4.59. The van der Waals surface area contributed by atoms with Gasteiger partial charge in [-0.05, 0) is 12.3 Å². The second-order valence-corrected chi connectivity index (χ2v) is 5.77. The van der Waals surface area contributed by atoms with Crippen LogP contribution in [0, 0.1) is 12.3 Å². The molecule has 17 heavy (non-hydrogen) atoms. The summed E-state index contributed by atoms with van der Waals surface area (Å²) in [5.74, 6) is -1.15. The standard InChI is InChI=1S/C10H15N3O3S/c1-6-12-13-9(17-6)11-7(14)4-10(2,3)5-8(15)16/h4-5H2,1-3H3,(H,15,16)(H,11,13,14). The van der Waals surface area contributed by atoms with E-state index in [-0.39, 0.29) is 18.7 Å². The first-order valence-corrected chi connectivity index (χ1v) is 5.92. The van der Waals surface area contributed by atoms with Gasteiger partial charge in [0.1, 0.15) is 5.01 Å². The van der Waals surface area contributed by atoms with Crippen molar-refractivity contribution in [1.29, 1.82) is 0 Å². The van der Waals surface area contributed by atoms with Gasteiger partial charge in [0.05, 0.1) is 6.42 Å². The molecule has 1 aromatic heterocycles. The first-order chi connectivity index (χ1) is 7.78. The molecule has 0 bridgehead atoms. The van der Waals surface area contributed by atoms with Crippen LogP contribution >= 0.6 is 11.3 Å². The van der Waals surface area contributed by atoms with Crippen molar-refractivity contribution in [2.45, 2.75) is 33.6 Å². The zero-order valence-electron chi connectivity index (χ0n) is 9.98. The number of carboxylic acids is 1. The Bertz CT molecular complexity index is 428. The number of carboxylic acid groups (broad SMARTS) is 1. The molecule has 2 N–H and O–H groups in total. The summed E-state index contributed by atoms with van der Waals surface area (Å²) in [4.78, 5) is 22.3. The smallest absolute Gasteiger partial charge is 0.303 e. The molecule has 1 amide bonds. The molecule has 1 aromatic rings. The van der Waals surface area contributed by atoms with Crippen LogP contribution in [0.15, 0.2) is 0 Å². The third-order valence-electron chi connectivity index (χ3n) is 2.04. The molecule has 0 fully saturated rings. The molecule has 1 heterocycles. The monoisotopic (exact) mass is 257 g/mol. The highest BCUT2D eigenvalue weighted by Gasteiger charge is 2.25. The van der Waals surface area contributed by atoms with Gasteiger partial charge in [-0.15, -0.1) is 10.2 Å². The molecule has 0 spiro atoms. The highest BCUT2D eigenvalue weighted by atomic mass is 32.1. The number of hydrogen-bond acceptors (Lipinski definition) is 5. The van der Waals surface area contributed by atoms with Crippen molar-refractivity contribution in [3.8, 4) is 0 Å². The van der Waals surface area contributed by atoms with Crippen molar-refractivity contribution >= 4 is 28.3 Å². The maximum atomic E-state index is 11.7. The molecule has 1 rings (SSSR count). The number of amides is 1. The molecule has 7 heteroatoms. The Hall–Kier alpha value is -1.50. The highest BCUT2D eigenvalue weighted by Crippen LogP contribution is 2.26. The van der Waals surface area contributed by atoms with E-state index in [1.54, 1.807) is 20.8 Å². The predicted octanol–water partition coefficient (Wildman–Crippen LogP) is 1.68. The van der Waals surface area contributed by atoms with Gasteiger partial charge < -0.3 is 10.4 Å². The molecule has 0 aliphatic rings. The molecule has 6 nitrogen and oxygen atoms in total. The highest BCUT2D eigenvalue weighted by molar-refractivity contribution is 7.15. The van der Waals surface area contributed by atoms with Crippen molar-refractivity contribution in [3.05, 3.63) is 5.01 Å². The first kappa shape index (κ1) is 13.6. The summed E-state index contributed by atoms with van der Waals surface area (Å²) in [6, 6.07) is 0. The lowest BCUT2D eigenvalue weighted by atomic mass is 9.85. The minimum Gasteiger partial charge on any atom is -0.481 e. The number of aromatic nitrogens is 2. The third-order valence-corrected chi connectivity index (χ3v) is 2.80. The van der Waals surface area contributed by atoms with Crippen LogP contribution in [0.2, 0.25) is 0 Å². The zero-order chi connectivity index (χ0) is 13.1. The Labute approximate surface area is 103 Å². The van der Waals surface area contributed by atoms with E-state index < -0.39 is 11.4 Å². The predicted molar refractivity (Wildman–Crippen MR) is 63.9 cm³/mol. The van der Waals surface area contributed by atoms with E-state index >= 15 is 0 Å². The molecule has 0 aromatic carbocycles. The van der Waals surface area contributed by atoms with Crippen molar-refractivity contribution in [3.63, 3.8) is 0 Å². The molecular weight excluding hydrogens is 242 g/mol. The summed E-state index contributed by atoms with van der Waals surface area (Å²) in [5, 5.41) is 20.1. The average Bonchev–Trinajstić information content (AvgIpc) is 2.46. The fourth-order valence-corrected chi connectivity index (χ4v) is 2.03. The van der Waals surface area contributed by atoms with E-state index in [2.05, 4.69) is 15.5 Å². The van der Waals surface area contributed by atoms with Crippen LogP contribution in [0.3, 0.4) is 0 Å². The average molecular weight is 257 g/mol. The van der Waals surface area contributed by atoms with Crippen LogP contribution < -0.4 is 5.32 Å². The molecule has 0 radical (unpaired) electrons. The topological polar surface area (TPSA) is 92.2 Å². The summed E-state index contributed by atoms with van der Waals surface area (Å²) in [5.41, 5.74) is -0.574. The Morgan fingerprint density at radius 3 is 2.47 bits per heavy atom. The zero-order valence-corrected chi connectivity index (χ0v) is 10.8. The molecule has 0 atom stereocenters. The number of hydrogen-bond donors (Lipinski definition) is 2. The van der Waals surface area contributed by atoms with Crippen molar-refractivity contribution < 1.29 is 14.7 Å². The molecule has 0 saturated carbocycles. The maximum Gasteiger partial charge on any atom is 0.303 e. The van der Waals surface area contributed by atoms with E-state index in [4.69, 9.17) is 5.11 Å². The van der Waals surface area contributed by atoms with Gasteiger partial charge in [0.2, 0.25) is 11.0 Å². The van der Waals surface area contributed by atoms with Crippen LogP contribution in [0.5, 0.6) is 0 Å². The second kappa shape index (κ2) is 5.22. The minimum absolute atomic E-state index is 0.0461. The van der Waals surface area contributed by atoms with Crippen LogP contribution in [0.1, 0.15) is 31.7 Å². The van der Waals surface area contributed by atoms with E-state index in [0.29, 0.717) is 5.13 Å². The summed E-state index contributed by atoms with van der Waals surface area (Å²) in [7, 11) is 0. The van der Waals surface area contributed by atoms with Gasteiger partial charge in [-0.2, -0.15) is 0 Å². The number of anilines is 1. The Morgan fingerprint density at radius 2 is 2.00 bits per heavy atom. The Morgan fingerprint density at radius 1 is 1.35 bits per heavy atom. The summed E-state index contributed by atoms with van der Waals surface area (Å²) in [6.45, 7) is 5.28. The SMILES string of the molecule is Cc1nnc(NC(=O)CC(C)(C)CC(=O)O)s1. The lowest BCUT2D eigenvalue weighted by Crippen LogP contribution is -2.24. The van der Waals surface area contributed by atoms with E-state index in [1.807, 2.05) is 0 Å². The number of nitrogens with zero attached hydrogens (tertiary/aromatic N) is 2. The molecule has 0 aliphatic heterocycles. The first-order valence-electron chi connectivity index (χ1n) is 5.10. The third kappa shape index (κ3) is 4.90. The fourth-order valence-electron chi connectivity index (χ4n) is 1.42. The number of nitrogens with one attached hydrogen (secondary N) is 1. The van der Waals surface area contributed by atoms with Crippen LogP contribution in [0.25, 0.3) is 0 Å². The normalized spacial score (nSPS) is 11.2. The summed E-state index contributed by atoms with van der Waals surface area (Å²) >= 11 is 1.29. The van der Waals surface area contributed by atoms with Crippen LogP contribution in [-0.2, 0) is 9.59 Å². The lowest BCUT2D eigenvalue weighted by Gasteiger charge is -2.20. The molecule has 94 valence electrons. The molecule has 0 saturated heterocycles. The Balaban J connectivity index is 2.52. The lowest BCUT2D eigenvalue weighted by molar-refractivity contribution is -0.139. The number of aliphatic carboxylic acids is 1. The largest absolute Gasteiger partial charge is 0.481 e. The van der Waals surface area contributed by atoms with Gasteiger partial charge >= 0.3 is 5.97 Å². The van der Waals surface area contributed by atoms with Crippen LogP contribution in [-0.4, -0.2) is 27.2 Å². The number of aryl methyl sites for hydroxylation is 1. The van der Waals surface area contributed by atoms with Gasteiger partial charge in [-0.1, -0.05) is 25.2 Å². The van der Waals surface area contributed by atoms with Gasteiger partial charge in [0.15, 0.2) is 0 Å². The van der Waals surface area contributed by atoms with Gasteiger partial charge in [0, 0.05) is 6.42 Å². The summed E-state index contributed by atoms with van der Waals surface area (Å²) < 4.78 is 0. The number of rotatable bonds is 5. The quantitative estimate of drug-likeness (QED) is 0.837. The fraction of sp³-hybridized carbons (Fsp3) is 0.600. The van der Waals surface area contributed by atoms with E-state index in [0.717, 1.165) is 5.01 Å². The number of carbonyl (C=O) groups excluding carboxylic acids is 1. The van der Waals surface area contributed by atoms with E-state index in [1.165, 1.54) is 11.3 Å². The maximum absolute atomic E-state index is 11.7. The van der Waals surface area contributed by atoms with E-state index in [9.17, 15) is 9.59 Å². The molecular formula is C10H15N3O3S. The van der Waals surface area contributed by atoms with Crippen molar-refractivity contribution in [2.24, 2.45) is 5.41 Å². The van der Waals surface area contributed by atoms with Crippen molar-refractivity contribution in [2.75, 3.05) is 5.32 Å². The van der Waals surface area contributed by atoms with Crippen molar-refractivity contribution in [1.82, 2.24) is 10.2 Å². The number of carbonyl (C=O) groups is 2. The van der Waals surface area contributed by atoms with Gasteiger partial charge in [0.25, 0.3) is 0 Å². The van der Waals surface area contributed by atoms with Crippen LogP contribution in [0.4, 0.5) is 5.13 Å². The molecule has 0 aliphatic carbocycles. The summed E-state index contributed by atoms with van der Waals surface area (Å²) in [6.07, 6.45) is 0.0908. The minimum atomic E-state index is -0.908. The van der Waals surface area contributed by atoms with Gasteiger partial charge in [-0.3, -0.25) is 9.59 Å². The molecule has 0 unspecified atom stereocenters. The Kier molecular flexibility index (Phi) is 4.17. The van der Waals surface area contributed by atoms with Gasteiger partial charge in [-0.25, -0.2) is 0 Å².